The molecule has 41 heavy (non-hydrogen) atoms. The van der Waals surface area contributed by atoms with Crippen LogP contribution in [0.3, 0.4) is 0 Å². The quantitative estimate of drug-likeness (QED) is 0.321. The number of pyridine rings is 1. The summed E-state index contributed by atoms with van der Waals surface area (Å²) in [7, 11) is 0. The van der Waals surface area contributed by atoms with Crippen LogP contribution in [0.15, 0.2) is 36.5 Å². The maximum Gasteiger partial charge on any atom is 0.231 e. The molecular formula is C34H39N5O2. The lowest BCUT2D eigenvalue weighted by molar-refractivity contribution is -0.141. The molecule has 2 aromatic heterocycles. The Hall–Kier alpha value is -3.22. The van der Waals surface area contributed by atoms with Crippen LogP contribution >= 0.6 is 0 Å². The van der Waals surface area contributed by atoms with E-state index >= 15 is 0 Å². The number of nitrogens with zero attached hydrogens (tertiary/aromatic N) is 2. The minimum absolute atomic E-state index is 0.145. The lowest BCUT2D eigenvalue weighted by Crippen LogP contribution is -2.51. The van der Waals surface area contributed by atoms with Crippen LogP contribution in [0.1, 0.15) is 77.0 Å². The molecule has 3 N–H and O–H groups in total. The van der Waals surface area contributed by atoms with E-state index in [1.807, 2.05) is 30.3 Å². The summed E-state index contributed by atoms with van der Waals surface area (Å²) in [5, 5.41) is 6.48. The summed E-state index contributed by atoms with van der Waals surface area (Å²) >= 11 is 0. The van der Waals surface area contributed by atoms with Crippen molar-refractivity contribution in [2.24, 2.45) is 46.3 Å². The molecule has 0 saturated heterocycles. The molecule has 8 fully saturated rings. The van der Waals surface area contributed by atoms with Crippen molar-refractivity contribution >= 4 is 34.4 Å². The van der Waals surface area contributed by atoms with Gasteiger partial charge in [-0.1, -0.05) is 0 Å². The number of benzene rings is 1. The van der Waals surface area contributed by atoms with Crippen LogP contribution in [-0.4, -0.2) is 26.8 Å². The highest BCUT2D eigenvalue weighted by Gasteiger charge is 2.55. The van der Waals surface area contributed by atoms with E-state index in [1.165, 1.54) is 38.5 Å². The molecule has 8 aliphatic carbocycles. The lowest BCUT2D eigenvalue weighted by atomic mass is 9.49. The first kappa shape index (κ1) is 24.4. The van der Waals surface area contributed by atoms with Gasteiger partial charge >= 0.3 is 0 Å². The van der Waals surface area contributed by atoms with Crippen molar-refractivity contribution in [3.8, 4) is 11.4 Å². The fourth-order valence-electron chi connectivity index (χ4n) is 11.2. The Labute approximate surface area is 240 Å². The Morgan fingerprint density at radius 3 is 1.68 bits per heavy atom. The minimum atomic E-state index is -0.224. The largest absolute Gasteiger partial charge is 0.335 e. The molecule has 8 saturated carbocycles. The normalized spacial score (nSPS) is 38.0. The Morgan fingerprint density at radius 2 is 1.17 bits per heavy atom. The average molecular weight is 550 g/mol. The zero-order valence-electron chi connectivity index (χ0n) is 23.6. The molecule has 8 bridgehead atoms. The lowest BCUT2D eigenvalue weighted by Gasteiger charge is -2.55. The summed E-state index contributed by atoms with van der Waals surface area (Å²) in [6, 6.07) is 9.86. The summed E-state index contributed by atoms with van der Waals surface area (Å²) in [6.45, 7) is 0. The van der Waals surface area contributed by atoms with Gasteiger partial charge in [0.15, 0.2) is 5.82 Å². The van der Waals surface area contributed by atoms with Crippen molar-refractivity contribution in [2.45, 2.75) is 77.0 Å². The Morgan fingerprint density at radius 1 is 0.683 bits per heavy atom. The summed E-state index contributed by atoms with van der Waals surface area (Å²) in [6.07, 6.45) is 16.0. The van der Waals surface area contributed by atoms with E-state index in [0.29, 0.717) is 5.82 Å². The van der Waals surface area contributed by atoms with Crippen LogP contribution < -0.4 is 10.6 Å². The Bertz CT molecular complexity index is 1480. The van der Waals surface area contributed by atoms with Crippen LogP contribution in [-0.2, 0) is 9.59 Å². The first-order valence-corrected chi connectivity index (χ1v) is 16.0. The summed E-state index contributed by atoms with van der Waals surface area (Å²) < 4.78 is 0. The van der Waals surface area contributed by atoms with Gasteiger partial charge in [-0.15, -0.1) is 0 Å². The highest BCUT2D eigenvalue weighted by atomic mass is 16.2. The van der Waals surface area contributed by atoms with Gasteiger partial charge in [-0.3, -0.25) is 9.59 Å². The standard InChI is InChI=1S/C34H39N5O2/c40-31(33-13-19-7-20(14-33)9-21(8-19)15-33)36-26-3-1-25(2-4-26)29-37-27-5-6-35-30(28(27)38-29)39-32(41)34-16-22-10-23(17-34)12-24(11-22)18-34/h1-6,19-24H,7-18H2,(H,36,40)(H,37,38)(H,35,39,41). The van der Waals surface area contributed by atoms with Crippen molar-refractivity contribution < 1.29 is 9.59 Å². The number of hydrogen-bond donors (Lipinski definition) is 3. The van der Waals surface area contributed by atoms with Gasteiger partial charge < -0.3 is 15.6 Å². The first-order chi connectivity index (χ1) is 19.9. The molecule has 3 aromatic rings. The van der Waals surface area contributed by atoms with E-state index in [9.17, 15) is 9.59 Å². The molecule has 212 valence electrons. The molecule has 0 aliphatic heterocycles. The number of aromatic amines is 1. The molecule has 0 atom stereocenters. The third-order valence-electron chi connectivity index (χ3n) is 12.1. The van der Waals surface area contributed by atoms with Crippen molar-refractivity contribution in [1.29, 1.82) is 0 Å². The molecule has 2 heterocycles. The highest BCUT2D eigenvalue weighted by molar-refractivity contribution is 6.01. The highest BCUT2D eigenvalue weighted by Crippen LogP contribution is 2.61. The zero-order valence-corrected chi connectivity index (χ0v) is 23.6. The van der Waals surface area contributed by atoms with Crippen molar-refractivity contribution in [3.05, 3.63) is 36.5 Å². The van der Waals surface area contributed by atoms with Crippen LogP contribution in [0.4, 0.5) is 11.5 Å². The second-order valence-electron chi connectivity index (χ2n) is 15.0. The van der Waals surface area contributed by atoms with Gasteiger partial charge in [0.2, 0.25) is 11.8 Å². The maximum atomic E-state index is 13.7. The van der Waals surface area contributed by atoms with Crippen molar-refractivity contribution in [1.82, 2.24) is 15.0 Å². The number of carbonyl (C=O) groups excluding carboxylic acids is 2. The summed E-state index contributed by atoms with van der Waals surface area (Å²) in [5.41, 5.74) is 2.95. The van der Waals surface area contributed by atoms with E-state index in [1.54, 1.807) is 6.20 Å². The Balaban J connectivity index is 0.928. The molecule has 2 amide bonds. The van der Waals surface area contributed by atoms with Gasteiger partial charge in [-0.2, -0.15) is 0 Å². The van der Waals surface area contributed by atoms with Crippen molar-refractivity contribution in [3.63, 3.8) is 0 Å². The number of H-pyrrole nitrogens is 1. The van der Waals surface area contributed by atoms with E-state index in [4.69, 9.17) is 4.98 Å². The number of aromatic nitrogens is 3. The monoisotopic (exact) mass is 549 g/mol. The third kappa shape index (κ3) is 3.90. The van der Waals surface area contributed by atoms with E-state index in [2.05, 4.69) is 20.6 Å². The molecule has 0 radical (unpaired) electrons. The number of imidazole rings is 1. The molecule has 0 spiro atoms. The molecule has 7 nitrogen and oxygen atoms in total. The number of nitrogens with one attached hydrogen (secondary N) is 3. The maximum absolute atomic E-state index is 13.7. The number of amides is 2. The topological polar surface area (TPSA) is 99.8 Å². The van der Waals surface area contributed by atoms with Crippen LogP contribution in [0.5, 0.6) is 0 Å². The molecule has 11 rings (SSSR count). The first-order valence-electron chi connectivity index (χ1n) is 16.0. The van der Waals surface area contributed by atoms with Gasteiger partial charge in [0, 0.05) is 17.4 Å². The van der Waals surface area contributed by atoms with Crippen LogP contribution in [0.2, 0.25) is 0 Å². The SMILES string of the molecule is O=C(Nc1ccc(-c2nc3ccnc(NC(=O)C45CC6CC(CC(C6)C4)C5)c3[nH]2)cc1)C12CC3CC(CC(C3)C1)C2. The van der Waals surface area contributed by atoms with Crippen molar-refractivity contribution in [2.75, 3.05) is 10.6 Å². The fraction of sp³-hybridized carbons (Fsp3) is 0.588. The van der Waals surface area contributed by atoms with Crippen LogP contribution in [0, 0.1) is 46.3 Å². The number of fused-ring (bicyclic) bond motifs is 1. The summed E-state index contributed by atoms with van der Waals surface area (Å²) in [5.74, 6) is 6.07. The van der Waals surface area contributed by atoms with Crippen LogP contribution in [0.25, 0.3) is 22.4 Å². The summed E-state index contributed by atoms with van der Waals surface area (Å²) in [4.78, 5) is 40.0. The second-order valence-corrected chi connectivity index (χ2v) is 15.0. The zero-order chi connectivity index (χ0) is 27.3. The second kappa shape index (κ2) is 8.65. The number of carbonyl (C=O) groups is 2. The molecule has 7 heteroatoms. The van der Waals surface area contributed by atoms with Gasteiger partial charge in [0.05, 0.1) is 16.3 Å². The molecule has 1 aromatic carbocycles. The van der Waals surface area contributed by atoms with E-state index in [-0.39, 0.29) is 22.6 Å². The van der Waals surface area contributed by atoms with E-state index < -0.39 is 0 Å². The van der Waals surface area contributed by atoms with Gasteiger partial charge in [0.25, 0.3) is 0 Å². The molecule has 8 aliphatic rings. The smallest absolute Gasteiger partial charge is 0.231 e. The third-order valence-corrected chi connectivity index (χ3v) is 12.1. The van der Waals surface area contributed by atoms with E-state index in [0.717, 1.165) is 102 Å². The predicted molar refractivity (Wildman–Crippen MR) is 158 cm³/mol. The minimum Gasteiger partial charge on any atom is -0.335 e. The molecule has 0 unspecified atom stereocenters. The Kier molecular flexibility index (Phi) is 5.14. The van der Waals surface area contributed by atoms with Gasteiger partial charge in [-0.05, 0) is 143 Å². The predicted octanol–water partition coefficient (Wildman–Crippen LogP) is 6.93. The average Bonchev–Trinajstić information content (AvgIpc) is 3.37. The fourth-order valence-corrected chi connectivity index (χ4v) is 11.2. The number of rotatable bonds is 5. The number of anilines is 2. The van der Waals surface area contributed by atoms with Gasteiger partial charge in [-0.25, -0.2) is 9.97 Å². The molecular weight excluding hydrogens is 510 g/mol. The number of hydrogen-bond acceptors (Lipinski definition) is 4. The van der Waals surface area contributed by atoms with Gasteiger partial charge in [0.1, 0.15) is 11.3 Å².